The van der Waals surface area contributed by atoms with Crippen LogP contribution in [0.25, 0.3) is 5.69 Å². The minimum Gasteiger partial charge on any atom is -0.494 e. The molecule has 0 saturated carbocycles. The number of ether oxygens (including phenoxy) is 1. The van der Waals surface area contributed by atoms with Crippen molar-refractivity contribution in [1.29, 1.82) is 0 Å². The molecule has 4 rings (SSSR count). The van der Waals surface area contributed by atoms with Gasteiger partial charge in [0.15, 0.2) is 0 Å². The molecule has 3 aromatic rings. The molecule has 27 heavy (non-hydrogen) atoms. The van der Waals surface area contributed by atoms with Gasteiger partial charge in [0.05, 0.1) is 18.0 Å². The number of aromatic nitrogens is 2. The molecular formula is C20H20N4O2S. The molecule has 0 bridgehead atoms. The van der Waals surface area contributed by atoms with Gasteiger partial charge in [-0.3, -0.25) is 5.32 Å². The topological polar surface area (TPSA) is 68.2 Å². The standard InChI is InChI=1S/C20H20N4O2S/c1-2-26-16-10-8-14(9-11-16)21-20(25)22-19-17-12-27-13-18(17)23-24(19)15-6-4-3-5-7-15/h3-11H,2,12-13H2,1H3,(H2,21,22,25). The second kappa shape index (κ2) is 7.75. The summed E-state index contributed by atoms with van der Waals surface area (Å²) in [7, 11) is 0. The zero-order chi connectivity index (χ0) is 18.6. The van der Waals surface area contributed by atoms with Crippen molar-refractivity contribution in [3.8, 4) is 11.4 Å². The van der Waals surface area contributed by atoms with Crippen LogP contribution in [0.15, 0.2) is 54.6 Å². The van der Waals surface area contributed by atoms with Crippen LogP contribution in [-0.2, 0) is 11.5 Å². The van der Waals surface area contributed by atoms with Gasteiger partial charge in [-0.1, -0.05) is 18.2 Å². The smallest absolute Gasteiger partial charge is 0.324 e. The van der Waals surface area contributed by atoms with Crippen LogP contribution in [0.3, 0.4) is 0 Å². The van der Waals surface area contributed by atoms with Crippen molar-refractivity contribution in [3.05, 3.63) is 65.9 Å². The van der Waals surface area contributed by atoms with E-state index in [4.69, 9.17) is 4.74 Å². The normalized spacial score (nSPS) is 12.5. The van der Waals surface area contributed by atoms with E-state index in [1.54, 1.807) is 11.8 Å². The lowest BCUT2D eigenvalue weighted by Gasteiger charge is -2.12. The van der Waals surface area contributed by atoms with Crippen molar-refractivity contribution >= 4 is 29.3 Å². The average molecular weight is 380 g/mol. The first-order valence-corrected chi connectivity index (χ1v) is 9.95. The van der Waals surface area contributed by atoms with E-state index in [-0.39, 0.29) is 6.03 Å². The minimum atomic E-state index is -0.295. The summed E-state index contributed by atoms with van der Waals surface area (Å²) in [5.74, 6) is 3.22. The van der Waals surface area contributed by atoms with Crippen molar-refractivity contribution in [1.82, 2.24) is 9.78 Å². The molecule has 0 aliphatic carbocycles. The molecule has 2 aromatic carbocycles. The second-order valence-electron chi connectivity index (χ2n) is 6.05. The van der Waals surface area contributed by atoms with Gasteiger partial charge in [-0.2, -0.15) is 16.9 Å². The van der Waals surface area contributed by atoms with Crippen LogP contribution in [0.5, 0.6) is 5.75 Å². The van der Waals surface area contributed by atoms with E-state index in [1.807, 2.05) is 66.2 Å². The number of amides is 2. The molecule has 0 fully saturated rings. The van der Waals surface area contributed by atoms with Crippen LogP contribution in [0.1, 0.15) is 18.2 Å². The molecule has 6 nitrogen and oxygen atoms in total. The number of carbonyl (C=O) groups is 1. The zero-order valence-corrected chi connectivity index (χ0v) is 15.8. The molecule has 138 valence electrons. The summed E-state index contributed by atoms with van der Waals surface area (Å²) in [5.41, 5.74) is 3.74. The molecule has 0 atom stereocenters. The summed E-state index contributed by atoms with van der Waals surface area (Å²) in [6.45, 7) is 2.55. The Hall–Kier alpha value is -2.93. The third kappa shape index (κ3) is 3.78. The van der Waals surface area contributed by atoms with Gasteiger partial charge in [0.2, 0.25) is 0 Å². The molecule has 2 heterocycles. The van der Waals surface area contributed by atoms with Crippen LogP contribution in [0, 0.1) is 0 Å². The Morgan fingerprint density at radius 3 is 2.63 bits per heavy atom. The average Bonchev–Trinajstić information content (AvgIpc) is 3.27. The van der Waals surface area contributed by atoms with Gasteiger partial charge in [0, 0.05) is 22.8 Å². The fraction of sp³-hybridized carbons (Fsp3) is 0.200. The first kappa shape index (κ1) is 17.5. The van der Waals surface area contributed by atoms with Crippen molar-refractivity contribution < 1.29 is 9.53 Å². The second-order valence-corrected chi connectivity index (χ2v) is 7.04. The molecule has 1 aliphatic rings. The zero-order valence-electron chi connectivity index (χ0n) is 14.9. The van der Waals surface area contributed by atoms with Gasteiger partial charge in [0.25, 0.3) is 0 Å². The van der Waals surface area contributed by atoms with Crippen molar-refractivity contribution in [2.75, 3.05) is 17.2 Å². The van der Waals surface area contributed by atoms with E-state index in [0.29, 0.717) is 12.3 Å². The summed E-state index contributed by atoms with van der Waals surface area (Å²) >= 11 is 1.80. The SMILES string of the molecule is CCOc1ccc(NC(=O)Nc2c3c(nn2-c2ccccc2)CSC3)cc1. The number of nitrogens with zero attached hydrogens (tertiary/aromatic N) is 2. The quantitative estimate of drug-likeness (QED) is 0.675. The van der Waals surface area contributed by atoms with Gasteiger partial charge >= 0.3 is 6.03 Å². The Bertz CT molecular complexity index is 939. The lowest BCUT2D eigenvalue weighted by Crippen LogP contribution is -2.22. The number of para-hydroxylation sites is 1. The molecule has 1 aromatic heterocycles. The van der Waals surface area contributed by atoms with E-state index in [9.17, 15) is 4.79 Å². The molecule has 7 heteroatoms. The highest BCUT2D eigenvalue weighted by Gasteiger charge is 2.24. The molecule has 0 spiro atoms. The Morgan fingerprint density at radius 2 is 1.89 bits per heavy atom. The van der Waals surface area contributed by atoms with Crippen molar-refractivity contribution in [2.45, 2.75) is 18.4 Å². The molecule has 2 amide bonds. The number of hydrogen-bond acceptors (Lipinski definition) is 4. The monoisotopic (exact) mass is 380 g/mol. The van der Waals surface area contributed by atoms with Gasteiger partial charge < -0.3 is 10.1 Å². The van der Waals surface area contributed by atoms with E-state index in [2.05, 4.69) is 15.7 Å². The third-order valence-corrected chi connectivity index (χ3v) is 5.18. The fourth-order valence-electron chi connectivity index (χ4n) is 2.97. The van der Waals surface area contributed by atoms with Crippen LogP contribution in [-0.4, -0.2) is 22.4 Å². The molecule has 2 N–H and O–H groups in total. The third-order valence-electron chi connectivity index (χ3n) is 4.21. The van der Waals surface area contributed by atoms with Gasteiger partial charge in [-0.15, -0.1) is 0 Å². The van der Waals surface area contributed by atoms with Crippen LogP contribution < -0.4 is 15.4 Å². The highest BCUT2D eigenvalue weighted by molar-refractivity contribution is 7.98. The number of fused-ring (bicyclic) bond motifs is 1. The van der Waals surface area contributed by atoms with E-state index in [0.717, 1.165) is 40.0 Å². The Morgan fingerprint density at radius 1 is 1.11 bits per heavy atom. The Balaban J connectivity index is 1.54. The van der Waals surface area contributed by atoms with Gasteiger partial charge in [0.1, 0.15) is 11.6 Å². The van der Waals surface area contributed by atoms with Gasteiger partial charge in [-0.25, -0.2) is 9.48 Å². The van der Waals surface area contributed by atoms with Gasteiger partial charge in [-0.05, 0) is 43.3 Å². The Kier molecular flexibility index (Phi) is 5.02. The number of thioether (sulfide) groups is 1. The number of urea groups is 1. The maximum absolute atomic E-state index is 12.6. The largest absolute Gasteiger partial charge is 0.494 e. The molecule has 0 radical (unpaired) electrons. The van der Waals surface area contributed by atoms with E-state index in [1.165, 1.54) is 0 Å². The highest BCUT2D eigenvalue weighted by atomic mass is 32.2. The maximum atomic E-state index is 12.6. The fourth-order valence-corrected chi connectivity index (χ4v) is 4.00. The van der Waals surface area contributed by atoms with Crippen molar-refractivity contribution in [3.63, 3.8) is 0 Å². The van der Waals surface area contributed by atoms with E-state index >= 15 is 0 Å². The van der Waals surface area contributed by atoms with Crippen LogP contribution in [0.4, 0.5) is 16.3 Å². The summed E-state index contributed by atoms with van der Waals surface area (Å²) in [6, 6.07) is 16.8. The number of anilines is 2. The molecule has 1 aliphatic heterocycles. The summed E-state index contributed by atoms with van der Waals surface area (Å²) < 4.78 is 7.23. The van der Waals surface area contributed by atoms with E-state index < -0.39 is 0 Å². The Labute approximate surface area is 161 Å². The lowest BCUT2D eigenvalue weighted by atomic mass is 10.2. The minimum absolute atomic E-state index is 0.295. The number of benzene rings is 2. The highest BCUT2D eigenvalue weighted by Crippen LogP contribution is 2.36. The summed E-state index contributed by atoms with van der Waals surface area (Å²) in [5, 5.41) is 10.5. The summed E-state index contributed by atoms with van der Waals surface area (Å²) in [4.78, 5) is 12.6. The van der Waals surface area contributed by atoms with Crippen molar-refractivity contribution in [2.24, 2.45) is 0 Å². The first-order valence-electron chi connectivity index (χ1n) is 8.79. The predicted molar refractivity (Wildman–Crippen MR) is 109 cm³/mol. The molecular weight excluding hydrogens is 360 g/mol. The summed E-state index contributed by atoms with van der Waals surface area (Å²) in [6.07, 6.45) is 0. The number of nitrogens with one attached hydrogen (secondary N) is 2. The molecule has 0 unspecified atom stereocenters. The number of carbonyl (C=O) groups excluding carboxylic acids is 1. The predicted octanol–water partition coefficient (Wildman–Crippen LogP) is 4.66. The van der Waals surface area contributed by atoms with Crippen LogP contribution >= 0.6 is 11.8 Å². The number of hydrogen-bond donors (Lipinski definition) is 2. The molecule has 0 saturated heterocycles. The number of rotatable bonds is 5. The maximum Gasteiger partial charge on any atom is 0.324 e. The van der Waals surface area contributed by atoms with Crippen LogP contribution in [0.2, 0.25) is 0 Å². The first-order chi connectivity index (χ1) is 13.2. The lowest BCUT2D eigenvalue weighted by molar-refractivity contribution is 0.262.